The summed E-state index contributed by atoms with van der Waals surface area (Å²) in [4.78, 5) is 24.9. The molecule has 5 heteroatoms. The molecule has 0 bridgehead atoms. The number of hydrogen-bond donors (Lipinski definition) is 2. The van der Waals surface area contributed by atoms with Crippen LogP contribution < -0.4 is 5.32 Å². The molecule has 0 aromatic heterocycles. The van der Waals surface area contributed by atoms with E-state index in [1.54, 1.807) is 31.2 Å². The molecule has 3 atom stereocenters. The highest BCUT2D eigenvalue weighted by molar-refractivity contribution is 5.84. The number of hydrogen-bond acceptors (Lipinski definition) is 3. The maximum Gasteiger partial charge on any atom is 0.315 e. The Hall–Kier alpha value is -2.66. The molecule has 0 spiro atoms. The number of benzene rings is 2. The maximum atomic E-state index is 13.0. The minimum Gasteiger partial charge on any atom is -0.481 e. The van der Waals surface area contributed by atoms with Gasteiger partial charge in [0, 0.05) is 13.2 Å². The van der Waals surface area contributed by atoms with E-state index >= 15 is 0 Å². The van der Waals surface area contributed by atoms with Crippen molar-refractivity contribution in [1.29, 1.82) is 0 Å². The number of carbonyl (C=O) groups excluding carboxylic acids is 1. The third-order valence-corrected chi connectivity index (χ3v) is 5.56. The maximum absolute atomic E-state index is 13.0. The summed E-state index contributed by atoms with van der Waals surface area (Å²) in [6.45, 7) is 4.31. The molecule has 3 unspecified atom stereocenters. The molecule has 2 aromatic carbocycles. The van der Waals surface area contributed by atoms with E-state index in [9.17, 15) is 14.7 Å². The zero-order chi connectivity index (χ0) is 20.1. The normalized spacial score (nSPS) is 21.5. The van der Waals surface area contributed by atoms with E-state index in [0.29, 0.717) is 12.2 Å². The van der Waals surface area contributed by atoms with Gasteiger partial charge in [-0.2, -0.15) is 0 Å². The van der Waals surface area contributed by atoms with Crippen LogP contribution in [0.2, 0.25) is 0 Å². The molecule has 2 N–H and O–H groups in total. The standard InChI is InChI=1S/C23H27NO4/c1-16-10-12-17(13-11-16)20-19(9-6-14-28-20)21(25)24-15-23(2,22(26)27)18-7-4-3-5-8-18/h3-5,7-8,10-13,19-20H,6,9,14-15H2,1-2H3,(H,24,25)(H,26,27). The molecule has 1 aliphatic rings. The molecule has 1 amide bonds. The Kier molecular flexibility index (Phi) is 6.15. The first-order valence-corrected chi connectivity index (χ1v) is 9.66. The Labute approximate surface area is 165 Å². The lowest BCUT2D eigenvalue weighted by Crippen LogP contribution is -2.47. The lowest BCUT2D eigenvalue weighted by atomic mass is 9.82. The molecule has 148 valence electrons. The highest BCUT2D eigenvalue weighted by Gasteiger charge is 2.38. The van der Waals surface area contributed by atoms with Crippen LogP contribution in [-0.4, -0.2) is 30.1 Å². The van der Waals surface area contributed by atoms with Crippen LogP contribution in [0, 0.1) is 12.8 Å². The number of ether oxygens (including phenoxy) is 1. The van der Waals surface area contributed by atoms with Crippen LogP contribution in [0.15, 0.2) is 54.6 Å². The van der Waals surface area contributed by atoms with E-state index in [1.165, 1.54) is 0 Å². The summed E-state index contributed by atoms with van der Waals surface area (Å²) in [5.74, 6) is -1.45. The Morgan fingerprint density at radius 3 is 2.46 bits per heavy atom. The van der Waals surface area contributed by atoms with Crippen LogP contribution in [0.4, 0.5) is 0 Å². The van der Waals surface area contributed by atoms with Crippen LogP contribution >= 0.6 is 0 Å². The Bertz CT molecular complexity index is 818. The van der Waals surface area contributed by atoms with Crippen molar-refractivity contribution < 1.29 is 19.4 Å². The van der Waals surface area contributed by atoms with Gasteiger partial charge in [0.1, 0.15) is 5.41 Å². The van der Waals surface area contributed by atoms with Gasteiger partial charge in [0.2, 0.25) is 5.91 Å². The van der Waals surface area contributed by atoms with Gasteiger partial charge >= 0.3 is 5.97 Å². The van der Waals surface area contributed by atoms with E-state index in [4.69, 9.17) is 4.74 Å². The molecule has 1 fully saturated rings. The molecular formula is C23H27NO4. The van der Waals surface area contributed by atoms with Gasteiger partial charge in [-0.25, -0.2) is 0 Å². The second kappa shape index (κ2) is 8.57. The zero-order valence-corrected chi connectivity index (χ0v) is 16.4. The number of aliphatic carboxylic acids is 1. The van der Waals surface area contributed by atoms with E-state index in [1.807, 2.05) is 37.3 Å². The molecule has 2 aromatic rings. The minimum atomic E-state index is -1.19. The van der Waals surface area contributed by atoms with Gasteiger partial charge in [0.25, 0.3) is 0 Å². The van der Waals surface area contributed by atoms with Gasteiger partial charge in [-0.3, -0.25) is 9.59 Å². The molecule has 0 aliphatic carbocycles. The fourth-order valence-electron chi connectivity index (χ4n) is 3.64. The van der Waals surface area contributed by atoms with Crippen molar-refractivity contribution in [3.05, 3.63) is 71.3 Å². The summed E-state index contributed by atoms with van der Waals surface area (Å²) < 4.78 is 5.92. The number of rotatable bonds is 6. The molecule has 1 heterocycles. The van der Waals surface area contributed by atoms with Crippen molar-refractivity contribution in [1.82, 2.24) is 5.32 Å². The highest BCUT2D eigenvalue weighted by Crippen LogP contribution is 2.34. The summed E-state index contributed by atoms with van der Waals surface area (Å²) in [5.41, 5.74) is 1.61. The predicted octanol–water partition coefficient (Wildman–Crippen LogP) is 3.62. The summed E-state index contributed by atoms with van der Waals surface area (Å²) >= 11 is 0. The predicted molar refractivity (Wildman–Crippen MR) is 107 cm³/mol. The van der Waals surface area contributed by atoms with Crippen LogP contribution in [0.1, 0.15) is 42.6 Å². The van der Waals surface area contributed by atoms with Gasteiger partial charge in [-0.05, 0) is 37.8 Å². The quantitative estimate of drug-likeness (QED) is 0.801. The van der Waals surface area contributed by atoms with E-state index in [2.05, 4.69) is 5.32 Å². The topological polar surface area (TPSA) is 75.6 Å². The smallest absolute Gasteiger partial charge is 0.315 e. The SMILES string of the molecule is Cc1ccc(C2OCCCC2C(=O)NCC(C)(C(=O)O)c2ccccc2)cc1. The number of carboxylic acid groups (broad SMARTS) is 1. The van der Waals surface area contributed by atoms with Crippen LogP contribution in [0.3, 0.4) is 0 Å². The van der Waals surface area contributed by atoms with Gasteiger partial charge in [-0.15, -0.1) is 0 Å². The first-order valence-electron chi connectivity index (χ1n) is 9.66. The fourth-order valence-corrected chi connectivity index (χ4v) is 3.64. The van der Waals surface area contributed by atoms with Crippen molar-refractivity contribution in [2.45, 2.75) is 38.2 Å². The van der Waals surface area contributed by atoms with E-state index < -0.39 is 11.4 Å². The molecule has 0 radical (unpaired) electrons. The van der Waals surface area contributed by atoms with Crippen molar-refractivity contribution >= 4 is 11.9 Å². The Morgan fingerprint density at radius 1 is 1.14 bits per heavy atom. The van der Waals surface area contributed by atoms with Gasteiger partial charge < -0.3 is 15.2 Å². The Balaban J connectivity index is 1.74. The molecule has 1 aliphatic heterocycles. The van der Waals surface area contributed by atoms with E-state index in [0.717, 1.165) is 24.0 Å². The molecule has 3 rings (SSSR count). The largest absolute Gasteiger partial charge is 0.481 e. The lowest BCUT2D eigenvalue weighted by Gasteiger charge is -2.33. The molecule has 5 nitrogen and oxygen atoms in total. The number of nitrogens with one attached hydrogen (secondary N) is 1. The van der Waals surface area contributed by atoms with Gasteiger partial charge in [-0.1, -0.05) is 60.2 Å². The number of carbonyl (C=O) groups is 2. The minimum absolute atomic E-state index is 0.0301. The number of carboxylic acids is 1. The number of amides is 1. The fraction of sp³-hybridized carbons (Fsp3) is 0.391. The third kappa shape index (κ3) is 4.25. The van der Waals surface area contributed by atoms with Crippen molar-refractivity contribution in [3.8, 4) is 0 Å². The molecule has 28 heavy (non-hydrogen) atoms. The van der Waals surface area contributed by atoms with Crippen LogP contribution in [0.25, 0.3) is 0 Å². The summed E-state index contributed by atoms with van der Waals surface area (Å²) in [6, 6.07) is 17.0. The van der Waals surface area contributed by atoms with Crippen molar-refractivity contribution in [2.75, 3.05) is 13.2 Å². The average molecular weight is 381 g/mol. The zero-order valence-electron chi connectivity index (χ0n) is 16.4. The van der Waals surface area contributed by atoms with Gasteiger partial charge in [0.05, 0.1) is 12.0 Å². The molecule has 0 saturated carbocycles. The first kappa shape index (κ1) is 20.1. The Morgan fingerprint density at radius 2 is 1.82 bits per heavy atom. The van der Waals surface area contributed by atoms with Crippen LogP contribution in [-0.2, 0) is 19.7 Å². The lowest BCUT2D eigenvalue weighted by molar-refractivity contribution is -0.143. The van der Waals surface area contributed by atoms with E-state index in [-0.39, 0.29) is 24.5 Å². The molecule has 1 saturated heterocycles. The highest BCUT2D eigenvalue weighted by atomic mass is 16.5. The molecular weight excluding hydrogens is 354 g/mol. The summed E-state index contributed by atoms with van der Waals surface area (Å²) in [7, 11) is 0. The number of aryl methyl sites for hydroxylation is 1. The average Bonchev–Trinajstić information content (AvgIpc) is 2.73. The van der Waals surface area contributed by atoms with Gasteiger partial charge in [0.15, 0.2) is 0 Å². The van der Waals surface area contributed by atoms with Crippen molar-refractivity contribution in [3.63, 3.8) is 0 Å². The van der Waals surface area contributed by atoms with Crippen LogP contribution in [0.5, 0.6) is 0 Å². The summed E-state index contributed by atoms with van der Waals surface area (Å²) in [5, 5.41) is 12.7. The first-order chi connectivity index (χ1) is 13.4. The third-order valence-electron chi connectivity index (χ3n) is 5.56. The van der Waals surface area contributed by atoms with Crippen molar-refractivity contribution in [2.24, 2.45) is 5.92 Å². The summed E-state index contributed by atoms with van der Waals surface area (Å²) in [6.07, 6.45) is 1.23. The monoisotopic (exact) mass is 381 g/mol. The second-order valence-corrected chi connectivity index (χ2v) is 7.67. The second-order valence-electron chi connectivity index (χ2n) is 7.67.